The van der Waals surface area contributed by atoms with Crippen molar-refractivity contribution in [1.82, 2.24) is 5.32 Å². The van der Waals surface area contributed by atoms with E-state index in [1.807, 2.05) is 50.2 Å². The van der Waals surface area contributed by atoms with Crippen molar-refractivity contribution < 1.29 is 23.8 Å². The van der Waals surface area contributed by atoms with Gasteiger partial charge in [0.2, 0.25) is 0 Å². The van der Waals surface area contributed by atoms with Gasteiger partial charge in [0.25, 0.3) is 0 Å². The molecule has 0 saturated carbocycles. The Bertz CT molecular complexity index is 1580. The quantitative estimate of drug-likeness (QED) is 0.274. The minimum atomic E-state index is -0.687. The molecule has 2 aliphatic rings. The zero-order valence-electron chi connectivity index (χ0n) is 21.4. The monoisotopic (exact) mass is 627 g/mol. The number of Topliss-reactive ketones (excluding diaryl/α,β-unsaturated/α-hetero) is 1. The van der Waals surface area contributed by atoms with E-state index in [2.05, 4.69) is 21.2 Å². The SMILES string of the molecule is CCOc1cc([C@H]2C(C(=O)OC)=C(C)NC3=C2C(=O)c2ccccc23)cc(Br)c1OCc1ccc(Cl)c(Cl)c1. The van der Waals surface area contributed by atoms with Crippen LogP contribution in [0.4, 0.5) is 0 Å². The molecule has 0 amide bonds. The van der Waals surface area contributed by atoms with E-state index in [1.54, 1.807) is 18.2 Å². The number of ketones is 1. The third kappa shape index (κ3) is 4.95. The number of methoxy groups -OCH3 is 1. The topological polar surface area (TPSA) is 73.9 Å². The van der Waals surface area contributed by atoms with Crippen LogP contribution in [0.5, 0.6) is 11.5 Å². The first kappa shape index (κ1) is 27.3. The van der Waals surface area contributed by atoms with Crippen LogP contribution in [0.2, 0.25) is 10.0 Å². The highest BCUT2D eigenvalue weighted by Crippen LogP contribution is 2.49. The van der Waals surface area contributed by atoms with E-state index < -0.39 is 11.9 Å². The Morgan fingerprint density at radius 3 is 2.46 bits per heavy atom. The molecule has 0 bridgehead atoms. The molecule has 39 heavy (non-hydrogen) atoms. The molecule has 6 nitrogen and oxygen atoms in total. The third-order valence-electron chi connectivity index (χ3n) is 6.69. The molecule has 0 aromatic heterocycles. The van der Waals surface area contributed by atoms with Crippen molar-refractivity contribution in [2.75, 3.05) is 13.7 Å². The Morgan fingerprint density at radius 1 is 1.03 bits per heavy atom. The lowest BCUT2D eigenvalue weighted by molar-refractivity contribution is -0.136. The average molecular weight is 629 g/mol. The molecule has 1 heterocycles. The first-order valence-electron chi connectivity index (χ1n) is 12.2. The van der Waals surface area contributed by atoms with Crippen LogP contribution < -0.4 is 14.8 Å². The van der Waals surface area contributed by atoms with E-state index >= 15 is 0 Å². The fourth-order valence-corrected chi connectivity index (χ4v) is 5.88. The van der Waals surface area contributed by atoms with Crippen LogP contribution in [0, 0.1) is 0 Å². The summed E-state index contributed by atoms with van der Waals surface area (Å²) in [6, 6.07) is 16.4. The van der Waals surface area contributed by atoms with E-state index in [0.717, 1.165) is 11.1 Å². The number of hydrogen-bond donors (Lipinski definition) is 1. The molecular formula is C30H24BrCl2NO5. The summed E-state index contributed by atoms with van der Waals surface area (Å²) in [7, 11) is 1.33. The lowest BCUT2D eigenvalue weighted by Gasteiger charge is -2.29. The predicted octanol–water partition coefficient (Wildman–Crippen LogP) is 7.48. The molecule has 9 heteroatoms. The zero-order valence-corrected chi connectivity index (χ0v) is 24.5. The molecular weight excluding hydrogens is 605 g/mol. The number of dihydropyridines is 1. The normalized spacial score (nSPS) is 16.1. The molecule has 3 aromatic rings. The maximum absolute atomic E-state index is 13.7. The lowest BCUT2D eigenvalue weighted by Crippen LogP contribution is -2.29. The summed E-state index contributed by atoms with van der Waals surface area (Å²) < 4.78 is 17.9. The Kier molecular flexibility index (Phi) is 7.76. The molecule has 0 fully saturated rings. The standard InChI is InChI=1S/C30H24BrCl2NO5/c1-4-38-23-13-17(12-20(31)29(23)39-14-16-9-10-21(32)22(33)11-16)25-24(30(36)37-3)15(2)34-27-18-7-5-6-8-19(18)28(35)26(25)27/h5-13,25,34H,4,14H2,1-3H3/t25-/m0/s1. The van der Waals surface area contributed by atoms with Crippen LogP contribution in [0.15, 0.2) is 75.9 Å². The zero-order chi connectivity index (χ0) is 27.8. The van der Waals surface area contributed by atoms with E-state index in [4.69, 9.17) is 37.4 Å². The van der Waals surface area contributed by atoms with Gasteiger partial charge in [0.1, 0.15) is 6.61 Å². The number of carbonyl (C=O) groups is 2. The minimum absolute atomic E-state index is 0.138. The van der Waals surface area contributed by atoms with Crippen molar-refractivity contribution >= 4 is 56.6 Å². The van der Waals surface area contributed by atoms with Gasteiger partial charge in [0, 0.05) is 28.3 Å². The van der Waals surface area contributed by atoms with Crippen molar-refractivity contribution in [1.29, 1.82) is 0 Å². The Hall–Kier alpha value is -3.26. The highest BCUT2D eigenvalue weighted by molar-refractivity contribution is 9.10. The Labute approximate surface area is 244 Å². The first-order chi connectivity index (χ1) is 18.7. The molecule has 1 aliphatic heterocycles. The molecule has 0 spiro atoms. The van der Waals surface area contributed by atoms with Crippen LogP contribution in [0.25, 0.3) is 5.70 Å². The van der Waals surface area contributed by atoms with Crippen molar-refractivity contribution in [3.8, 4) is 11.5 Å². The molecule has 0 radical (unpaired) electrons. The number of rotatable bonds is 7. The summed E-state index contributed by atoms with van der Waals surface area (Å²) in [6.07, 6.45) is 0. The summed E-state index contributed by atoms with van der Waals surface area (Å²) in [6.45, 7) is 4.28. The second kappa shape index (κ2) is 11.1. The molecule has 200 valence electrons. The first-order valence-corrected chi connectivity index (χ1v) is 13.8. The van der Waals surface area contributed by atoms with E-state index in [-0.39, 0.29) is 12.4 Å². The fourth-order valence-electron chi connectivity index (χ4n) is 4.99. The largest absolute Gasteiger partial charge is 0.490 e. The molecule has 1 N–H and O–H groups in total. The van der Waals surface area contributed by atoms with E-state index in [9.17, 15) is 9.59 Å². The summed E-state index contributed by atoms with van der Waals surface area (Å²) in [4.78, 5) is 26.8. The van der Waals surface area contributed by atoms with Gasteiger partial charge in [-0.2, -0.15) is 0 Å². The van der Waals surface area contributed by atoms with Gasteiger partial charge >= 0.3 is 5.97 Å². The number of fused-ring (bicyclic) bond motifs is 2. The molecule has 1 atom stereocenters. The highest BCUT2D eigenvalue weighted by atomic mass is 79.9. The number of ether oxygens (including phenoxy) is 3. The van der Waals surface area contributed by atoms with Crippen molar-refractivity contribution in [3.05, 3.63) is 108 Å². The number of esters is 1. The third-order valence-corrected chi connectivity index (χ3v) is 8.01. The van der Waals surface area contributed by atoms with Crippen molar-refractivity contribution in [3.63, 3.8) is 0 Å². The molecule has 5 rings (SSSR count). The van der Waals surface area contributed by atoms with Gasteiger partial charge in [-0.25, -0.2) is 4.79 Å². The Balaban J connectivity index is 1.60. The fraction of sp³-hybridized carbons (Fsp3) is 0.200. The van der Waals surface area contributed by atoms with Gasteiger partial charge in [0.15, 0.2) is 17.3 Å². The molecule has 3 aromatic carbocycles. The minimum Gasteiger partial charge on any atom is -0.490 e. The highest BCUT2D eigenvalue weighted by Gasteiger charge is 2.43. The van der Waals surface area contributed by atoms with Gasteiger partial charge < -0.3 is 19.5 Å². The lowest BCUT2D eigenvalue weighted by atomic mass is 9.79. The van der Waals surface area contributed by atoms with Crippen LogP contribution in [-0.4, -0.2) is 25.5 Å². The van der Waals surface area contributed by atoms with Gasteiger partial charge in [-0.1, -0.05) is 53.5 Å². The van der Waals surface area contributed by atoms with Gasteiger partial charge in [-0.15, -0.1) is 0 Å². The van der Waals surface area contributed by atoms with Crippen LogP contribution in [0.3, 0.4) is 0 Å². The second-order valence-corrected chi connectivity index (χ2v) is 10.7. The number of nitrogens with one attached hydrogen (secondary N) is 1. The number of benzene rings is 3. The summed E-state index contributed by atoms with van der Waals surface area (Å²) >= 11 is 15.8. The maximum atomic E-state index is 13.7. The maximum Gasteiger partial charge on any atom is 0.336 e. The summed E-state index contributed by atoms with van der Waals surface area (Å²) in [5, 5.41) is 4.19. The Morgan fingerprint density at radius 2 is 1.77 bits per heavy atom. The molecule has 1 aliphatic carbocycles. The summed E-state index contributed by atoms with van der Waals surface area (Å²) in [5.41, 5.74) is 5.06. The summed E-state index contributed by atoms with van der Waals surface area (Å²) in [5.74, 6) is -0.396. The van der Waals surface area contributed by atoms with Crippen LogP contribution in [-0.2, 0) is 16.1 Å². The molecule has 0 unspecified atom stereocenters. The van der Waals surface area contributed by atoms with Gasteiger partial charge in [0.05, 0.1) is 39.5 Å². The van der Waals surface area contributed by atoms with Crippen molar-refractivity contribution in [2.24, 2.45) is 0 Å². The number of allylic oxidation sites excluding steroid dienone is 2. The second-order valence-electron chi connectivity index (χ2n) is 9.05. The van der Waals surface area contributed by atoms with E-state index in [0.29, 0.717) is 66.3 Å². The number of hydrogen-bond acceptors (Lipinski definition) is 6. The van der Waals surface area contributed by atoms with E-state index in [1.165, 1.54) is 7.11 Å². The van der Waals surface area contributed by atoms with Crippen LogP contribution >= 0.6 is 39.1 Å². The molecule has 0 saturated heterocycles. The van der Waals surface area contributed by atoms with Gasteiger partial charge in [-0.05, 0) is 65.2 Å². The smallest absolute Gasteiger partial charge is 0.336 e. The van der Waals surface area contributed by atoms with Crippen LogP contribution in [0.1, 0.15) is 46.8 Å². The predicted molar refractivity (Wildman–Crippen MR) is 154 cm³/mol. The van der Waals surface area contributed by atoms with Crippen molar-refractivity contribution in [2.45, 2.75) is 26.4 Å². The number of carbonyl (C=O) groups excluding carboxylic acids is 2. The number of halogens is 3. The average Bonchev–Trinajstić information content (AvgIpc) is 3.20. The van der Waals surface area contributed by atoms with Gasteiger partial charge in [-0.3, -0.25) is 4.79 Å².